The van der Waals surface area contributed by atoms with Gasteiger partial charge < -0.3 is 19.4 Å². The maximum Gasteiger partial charge on any atom is 0.355 e. The van der Waals surface area contributed by atoms with Gasteiger partial charge in [-0.05, 0) is 30.7 Å². The van der Waals surface area contributed by atoms with E-state index < -0.39 is 5.97 Å². The molecule has 0 atom stereocenters. The molecule has 11 heteroatoms. The Bertz CT molecular complexity index is 1290. The number of esters is 1. The number of carbonyl (C=O) groups is 1. The van der Waals surface area contributed by atoms with E-state index >= 15 is 0 Å². The highest BCUT2D eigenvalue weighted by Crippen LogP contribution is 2.30. The molecule has 11 nitrogen and oxygen atoms in total. The van der Waals surface area contributed by atoms with Crippen molar-refractivity contribution < 1.29 is 14.3 Å². The largest absolute Gasteiger partial charge is 0.464 e. The number of fused-ring (bicyclic) bond motifs is 1. The van der Waals surface area contributed by atoms with Crippen LogP contribution in [0.2, 0.25) is 0 Å². The van der Waals surface area contributed by atoms with Crippen LogP contribution >= 0.6 is 0 Å². The summed E-state index contributed by atoms with van der Waals surface area (Å²) in [5.74, 6) is 0.901. The van der Waals surface area contributed by atoms with Gasteiger partial charge in [0.15, 0.2) is 11.4 Å². The second-order valence-electron chi connectivity index (χ2n) is 6.61. The van der Waals surface area contributed by atoms with Crippen molar-refractivity contribution in [3.05, 3.63) is 59.6 Å². The molecule has 3 aromatic rings. The van der Waals surface area contributed by atoms with E-state index in [0.717, 1.165) is 5.56 Å². The molecule has 4 rings (SSSR count). The molecule has 0 aromatic carbocycles. The van der Waals surface area contributed by atoms with E-state index in [0.29, 0.717) is 40.0 Å². The standard InChI is InChI=1S/C20H18N8O3/c1-11-6-12(8-21)22-9-15(11)31-17-7-14(18-19(25-17)28(2)10-23-18)24-16-5-4-13(26-27-16)20(29)30-3/h4-7,9-10,26-27H,1-3H3,(H,24,25). The van der Waals surface area contributed by atoms with Crippen LogP contribution in [0.25, 0.3) is 11.2 Å². The first-order valence-corrected chi connectivity index (χ1v) is 9.14. The van der Waals surface area contributed by atoms with Gasteiger partial charge in [-0.3, -0.25) is 10.9 Å². The topological polar surface area (TPSA) is 139 Å². The van der Waals surface area contributed by atoms with E-state index in [4.69, 9.17) is 10.00 Å². The minimum absolute atomic E-state index is 0.276. The molecular formula is C20H18N8O3. The van der Waals surface area contributed by atoms with Crippen LogP contribution in [0, 0.1) is 18.3 Å². The van der Waals surface area contributed by atoms with E-state index in [2.05, 4.69) is 35.9 Å². The molecular weight excluding hydrogens is 400 g/mol. The summed E-state index contributed by atoms with van der Waals surface area (Å²) in [5, 5.41) is 12.2. The summed E-state index contributed by atoms with van der Waals surface area (Å²) in [6.45, 7) is 1.83. The number of hydrazine groups is 1. The van der Waals surface area contributed by atoms with E-state index in [1.807, 2.05) is 20.0 Å². The Balaban J connectivity index is 1.67. The number of hydrogen-bond acceptors (Lipinski definition) is 10. The number of imidazole rings is 1. The van der Waals surface area contributed by atoms with Crippen molar-refractivity contribution in [1.82, 2.24) is 30.4 Å². The smallest absolute Gasteiger partial charge is 0.355 e. The number of nitrogens with zero attached hydrogens (tertiary/aromatic N) is 5. The predicted octanol–water partition coefficient (Wildman–Crippen LogP) is 1.75. The molecule has 0 saturated heterocycles. The summed E-state index contributed by atoms with van der Waals surface area (Å²) in [6.07, 6.45) is 6.42. The van der Waals surface area contributed by atoms with Crippen molar-refractivity contribution in [2.45, 2.75) is 6.92 Å². The molecule has 3 N–H and O–H groups in total. The van der Waals surface area contributed by atoms with Crippen LogP contribution in [0.1, 0.15) is 11.3 Å². The summed E-state index contributed by atoms with van der Waals surface area (Å²) < 4.78 is 12.4. The Kier molecular flexibility index (Phi) is 5.11. The predicted molar refractivity (Wildman–Crippen MR) is 110 cm³/mol. The third-order valence-corrected chi connectivity index (χ3v) is 4.46. The van der Waals surface area contributed by atoms with Crippen LogP contribution in [0.5, 0.6) is 11.6 Å². The number of aryl methyl sites for hydroxylation is 2. The van der Waals surface area contributed by atoms with Crippen LogP contribution < -0.4 is 20.9 Å². The quantitative estimate of drug-likeness (QED) is 0.525. The molecule has 1 aliphatic rings. The van der Waals surface area contributed by atoms with Gasteiger partial charge in [-0.1, -0.05) is 0 Å². The molecule has 0 aliphatic carbocycles. The van der Waals surface area contributed by atoms with Gasteiger partial charge in [0.05, 0.1) is 25.3 Å². The first-order chi connectivity index (χ1) is 15.0. The molecule has 4 heterocycles. The fourth-order valence-electron chi connectivity index (χ4n) is 2.88. The van der Waals surface area contributed by atoms with Crippen LogP contribution in [-0.2, 0) is 16.6 Å². The van der Waals surface area contributed by atoms with Crippen molar-refractivity contribution >= 4 is 22.8 Å². The monoisotopic (exact) mass is 418 g/mol. The number of rotatable bonds is 5. The van der Waals surface area contributed by atoms with Crippen molar-refractivity contribution in [2.75, 3.05) is 12.4 Å². The summed E-state index contributed by atoms with van der Waals surface area (Å²) in [5.41, 5.74) is 8.87. The number of pyridine rings is 2. The highest BCUT2D eigenvalue weighted by molar-refractivity contribution is 5.89. The van der Waals surface area contributed by atoms with E-state index in [1.165, 1.54) is 13.3 Å². The molecule has 1 aliphatic heterocycles. The van der Waals surface area contributed by atoms with Gasteiger partial charge in [0.2, 0.25) is 5.88 Å². The number of ether oxygens (including phenoxy) is 2. The molecule has 0 radical (unpaired) electrons. The zero-order valence-electron chi connectivity index (χ0n) is 16.9. The summed E-state index contributed by atoms with van der Waals surface area (Å²) in [6, 6.07) is 5.35. The maximum absolute atomic E-state index is 11.6. The van der Waals surface area contributed by atoms with E-state index in [-0.39, 0.29) is 5.70 Å². The molecule has 31 heavy (non-hydrogen) atoms. The number of aromatic nitrogens is 4. The average Bonchev–Trinajstić information content (AvgIpc) is 3.16. The van der Waals surface area contributed by atoms with Gasteiger partial charge in [0.1, 0.15) is 28.8 Å². The number of nitriles is 1. The molecule has 156 valence electrons. The van der Waals surface area contributed by atoms with E-state index in [1.54, 1.807) is 35.2 Å². The lowest BCUT2D eigenvalue weighted by atomic mass is 10.2. The van der Waals surface area contributed by atoms with Gasteiger partial charge in [-0.2, -0.15) is 10.2 Å². The zero-order chi connectivity index (χ0) is 22.0. The number of nitrogens with one attached hydrogen (secondary N) is 3. The second kappa shape index (κ2) is 8.03. The Morgan fingerprint density at radius 2 is 2.10 bits per heavy atom. The summed E-state index contributed by atoms with van der Waals surface area (Å²) in [4.78, 5) is 24.6. The Morgan fingerprint density at radius 3 is 2.77 bits per heavy atom. The number of hydrogen-bond donors (Lipinski definition) is 3. The first kappa shape index (κ1) is 19.7. The third kappa shape index (κ3) is 3.95. The van der Waals surface area contributed by atoms with Crippen LogP contribution in [0.3, 0.4) is 0 Å². The van der Waals surface area contributed by atoms with Gasteiger partial charge in [0, 0.05) is 13.1 Å². The minimum atomic E-state index is -0.485. The van der Waals surface area contributed by atoms with Crippen LogP contribution in [0.15, 0.2) is 48.3 Å². The lowest BCUT2D eigenvalue weighted by Gasteiger charge is -2.19. The fourth-order valence-corrected chi connectivity index (χ4v) is 2.88. The Hall–Kier alpha value is -4.59. The van der Waals surface area contributed by atoms with Crippen molar-refractivity contribution in [3.8, 4) is 17.7 Å². The minimum Gasteiger partial charge on any atom is -0.464 e. The third-order valence-electron chi connectivity index (χ3n) is 4.46. The first-order valence-electron chi connectivity index (χ1n) is 9.14. The Labute approximate surface area is 177 Å². The van der Waals surface area contributed by atoms with Crippen LogP contribution in [-0.4, -0.2) is 32.6 Å². The SMILES string of the molecule is COC(=O)C1=CC=C(Nc2cc(Oc3cnc(C#N)cc3C)nc3c2ncn3C)NN1. The Morgan fingerprint density at radius 1 is 1.26 bits per heavy atom. The molecule has 3 aromatic heterocycles. The van der Waals surface area contributed by atoms with Gasteiger partial charge in [-0.25, -0.2) is 14.8 Å². The maximum atomic E-state index is 11.6. The molecule has 0 bridgehead atoms. The number of allylic oxidation sites excluding steroid dienone is 2. The van der Waals surface area contributed by atoms with Crippen molar-refractivity contribution in [3.63, 3.8) is 0 Å². The molecule has 0 spiro atoms. The molecule has 0 unspecified atom stereocenters. The van der Waals surface area contributed by atoms with Crippen LogP contribution in [0.4, 0.5) is 5.69 Å². The molecule has 0 saturated carbocycles. The zero-order valence-corrected chi connectivity index (χ0v) is 16.9. The summed E-state index contributed by atoms with van der Waals surface area (Å²) >= 11 is 0. The van der Waals surface area contributed by atoms with Gasteiger partial charge >= 0.3 is 5.97 Å². The van der Waals surface area contributed by atoms with Crippen molar-refractivity contribution in [1.29, 1.82) is 5.26 Å². The van der Waals surface area contributed by atoms with Gasteiger partial charge in [0.25, 0.3) is 0 Å². The second-order valence-corrected chi connectivity index (χ2v) is 6.61. The average molecular weight is 418 g/mol. The lowest BCUT2D eigenvalue weighted by Crippen LogP contribution is -2.38. The normalized spacial score (nSPS) is 12.7. The fraction of sp³-hybridized carbons (Fsp3) is 0.150. The summed E-state index contributed by atoms with van der Waals surface area (Å²) in [7, 11) is 3.14. The number of carbonyl (C=O) groups excluding carboxylic acids is 1. The number of anilines is 1. The highest BCUT2D eigenvalue weighted by atomic mass is 16.5. The molecule has 0 fully saturated rings. The van der Waals surface area contributed by atoms with E-state index in [9.17, 15) is 4.79 Å². The molecule has 0 amide bonds. The highest BCUT2D eigenvalue weighted by Gasteiger charge is 2.16. The lowest BCUT2D eigenvalue weighted by molar-refractivity contribution is -0.136. The number of methoxy groups -OCH3 is 1. The van der Waals surface area contributed by atoms with Gasteiger partial charge in [-0.15, -0.1) is 0 Å². The van der Waals surface area contributed by atoms with Crippen molar-refractivity contribution in [2.24, 2.45) is 7.05 Å².